The van der Waals surface area contributed by atoms with Crippen molar-refractivity contribution in [2.24, 2.45) is 0 Å². The number of carbonyl (C=O) groups excluding carboxylic acids is 1. The highest BCUT2D eigenvalue weighted by Crippen LogP contribution is 2.24. The predicted molar refractivity (Wildman–Crippen MR) is 90.0 cm³/mol. The van der Waals surface area contributed by atoms with E-state index in [2.05, 4.69) is 10.2 Å². The standard InChI is InChI=1S/C18H26N2O4/c1-23-16-4-2-3-13(7-16)8-18(22)19-14-9-15-12-24-17(5-6-21)11-20(15)10-14/h2-4,7,14-15,17,21H,5-6,8-12H2,1H3,(H,19,22)/t14-,15+,17+/m1/s1. The van der Waals surface area contributed by atoms with Crippen molar-refractivity contribution in [3.05, 3.63) is 29.8 Å². The lowest BCUT2D eigenvalue weighted by Gasteiger charge is -2.34. The predicted octanol–water partition coefficient (Wildman–Crippen LogP) is 0.578. The molecule has 3 rings (SSSR count). The number of hydrogen-bond acceptors (Lipinski definition) is 5. The molecule has 132 valence electrons. The molecule has 1 amide bonds. The zero-order valence-electron chi connectivity index (χ0n) is 14.1. The van der Waals surface area contributed by atoms with Gasteiger partial charge in [0.25, 0.3) is 0 Å². The molecule has 0 unspecified atom stereocenters. The second-order valence-corrected chi connectivity index (χ2v) is 6.60. The van der Waals surface area contributed by atoms with Gasteiger partial charge in [0.2, 0.25) is 5.91 Å². The number of fused-ring (bicyclic) bond motifs is 1. The van der Waals surface area contributed by atoms with Crippen LogP contribution in [0, 0.1) is 0 Å². The van der Waals surface area contributed by atoms with Crippen molar-refractivity contribution in [1.29, 1.82) is 0 Å². The van der Waals surface area contributed by atoms with Gasteiger partial charge in [-0.1, -0.05) is 12.1 Å². The molecule has 0 spiro atoms. The highest BCUT2D eigenvalue weighted by atomic mass is 16.5. The molecule has 1 aromatic rings. The van der Waals surface area contributed by atoms with Crippen LogP contribution < -0.4 is 10.1 Å². The molecule has 0 aromatic heterocycles. The van der Waals surface area contributed by atoms with Gasteiger partial charge >= 0.3 is 0 Å². The van der Waals surface area contributed by atoms with Crippen LogP contribution in [0.5, 0.6) is 5.75 Å². The molecule has 6 heteroatoms. The summed E-state index contributed by atoms with van der Waals surface area (Å²) in [5.74, 6) is 0.811. The lowest BCUT2D eigenvalue weighted by Crippen LogP contribution is -2.46. The van der Waals surface area contributed by atoms with E-state index in [9.17, 15) is 4.79 Å². The maximum Gasteiger partial charge on any atom is 0.224 e. The lowest BCUT2D eigenvalue weighted by molar-refractivity contribution is -0.121. The normalized spacial score (nSPS) is 26.8. The van der Waals surface area contributed by atoms with Crippen LogP contribution >= 0.6 is 0 Å². The number of methoxy groups -OCH3 is 1. The third kappa shape index (κ3) is 4.26. The monoisotopic (exact) mass is 334 g/mol. The van der Waals surface area contributed by atoms with Gasteiger partial charge in [-0.2, -0.15) is 0 Å². The number of aliphatic hydroxyl groups is 1. The molecule has 2 aliphatic rings. The smallest absolute Gasteiger partial charge is 0.224 e. The van der Waals surface area contributed by atoms with Crippen molar-refractivity contribution < 1.29 is 19.4 Å². The first-order valence-corrected chi connectivity index (χ1v) is 8.56. The van der Waals surface area contributed by atoms with Crippen molar-refractivity contribution in [2.75, 3.05) is 33.4 Å². The average molecular weight is 334 g/mol. The van der Waals surface area contributed by atoms with E-state index in [1.54, 1.807) is 7.11 Å². The molecule has 0 bridgehead atoms. The summed E-state index contributed by atoms with van der Waals surface area (Å²) in [6.07, 6.45) is 2.07. The van der Waals surface area contributed by atoms with Gasteiger partial charge in [0.1, 0.15) is 5.75 Å². The minimum absolute atomic E-state index is 0.0425. The summed E-state index contributed by atoms with van der Waals surface area (Å²) in [6.45, 7) is 2.55. The zero-order chi connectivity index (χ0) is 16.9. The van der Waals surface area contributed by atoms with Gasteiger partial charge in [-0.3, -0.25) is 9.69 Å². The van der Waals surface area contributed by atoms with Crippen LogP contribution in [0.3, 0.4) is 0 Å². The second kappa shape index (κ2) is 7.96. The van der Waals surface area contributed by atoms with Crippen LogP contribution in [0.15, 0.2) is 24.3 Å². The van der Waals surface area contributed by atoms with Crippen molar-refractivity contribution in [1.82, 2.24) is 10.2 Å². The summed E-state index contributed by atoms with van der Waals surface area (Å²) in [5.41, 5.74) is 0.953. The molecule has 24 heavy (non-hydrogen) atoms. The fourth-order valence-corrected chi connectivity index (χ4v) is 3.61. The van der Waals surface area contributed by atoms with Crippen molar-refractivity contribution >= 4 is 5.91 Å². The van der Waals surface area contributed by atoms with E-state index in [0.717, 1.165) is 30.8 Å². The maximum atomic E-state index is 12.3. The Morgan fingerprint density at radius 3 is 3.12 bits per heavy atom. The number of hydrogen-bond donors (Lipinski definition) is 2. The quantitative estimate of drug-likeness (QED) is 0.796. The number of benzene rings is 1. The minimum Gasteiger partial charge on any atom is -0.497 e. The molecule has 2 saturated heterocycles. The molecule has 0 saturated carbocycles. The van der Waals surface area contributed by atoms with Crippen molar-refractivity contribution in [2.45, 2.75) is 37.5 Å². The van der Waals surface area contributed by atoms with Gasteiger partial charge in [-0.05, 0) is 30.5 Å². The van der Waals surface area contributed by atoms with Crippen molar-refractivity contribution in [3.8, 4) is 5.75 Å². The Balaban J connectivity index is 1.49. The van der Waals surface area contributed by atoms with Crippen LogP contribution in [-0.4, -0.2) is 67.5 Å². The van der Waals surface area contributed by atoms with E-state index in [1.807, 2.05) is 24.3 Å². The summed E-state index contributed by atoms with van der Waals surface area (Å²) >= 11 is 0. The lowest BCUT2D eigenvalue weighted by atomic mass is 10.1. The molecule has 2 N–H and O–H groups in total. The fraction of sp³-hybridized carbons (Fsp3) is 0.611. The summed E-state index contributed by atoms with van der Waals surface area (Å²) in [6, 6.07) is 8.15. The van der Waals surface area contributed by atoms with Crippen LogP contribution in [0.25, 0.3) is 0 Å². The number of nitrogens with one attached hydrogen (secondary N) is 1. The topological polar surface area (TPSA) is 71.0 Å². The van der Waals surface area contributed by atoms with Gasteiger partial charge in [0, 0.05) is 31.8 Å². The maximum absolute atomic E-state index is 12.3. The van der Waals surface area contributed by atoms with Crippen LogP contribution in [-0.2, 0) is 16.0 Å². The Morgan fingerprint density at radius 1 is 1.46 bits per heavy atom. The largest absolute Gasteiger partial charge is 0.497 e. The Labute approximate surface area is 142 Å². The molecule has 3 atom stereocenters. The van der Waals surface area contributed by atoms with E-state index in [0.29, 0.717) is 25.5 Å². The van der Waals surface area contributed by atoms with Gasteiger partial charge in [0.05, 0.1) is 26.2 Å². The highest BCUT2D eigenvalue weighted by Gasteiger charge is 2.37. The van der Waals surface area contributed by atoms with E-state index in [-0.39, 0.29) is 24.7 Å². The van der Waals surface area contributed by atoms with Crippen molar-refractivity contribution in [3.63, 3.8) is 0 Å². The third-order valence-electron chi connectivity index (χ3n) is 4.81. The molecule has 2 fully saturated rings. The molecular weight excluding hydrogens is 308 g/mol. The van der Waals surface area contributed by atoms with E-state index in [1.165, 1.54) is 0 Å². The first-order chi connectivity index (χ1) is 11.7. The summed E-state index contributed by atoms with van der Waals surface area (Å²) in [5, 5.41) is 12.2. The number of ether oxygens (including phenoxy) is 2. The number of carbonyl (C=O) groups is 1. The Morgan fingerprint density at radius 2 is 2.33 bits per heavy atom. The Kier molecular flexibility index (Phi) is 5.71. The molecule has 0 radical (unpaired) electrons. The zero-order valence-corrected chi connectivity index (χ0v) is 14.1. The number of amides is 1. The summed E-state index contributed by atoms with van der Waals surface area (Å²) in [7, 11) is 1.63. The van der Waals surface area contributed by atoms with Gasteiger partial charge in [-0.15, -0.1) is 0 Å². The molecule has 0 aliphatic carbocycles. The third-order valence-corrected chi connectivity index (χ3v) is 4.81. The summed E-state index contributed by atoms with van der Waals surface area (Å²) < 4.78 is 11.0. The fourth-order valence-electron chi connectivity index (χ4n) is 3.61. The van der Waals surface area contributed by atoms with E-state index < -0.39 is 0 Å². The number of rotatable bonds is 6. The Bertz CT molecular complexity index is 566. The molecule has 1 aromatic carbocycles. The molecular formula is C18H26N2O4. The van der Waals surface area contributed by atoms with Gasteiger partial charge in [0.15, 0.2) is 0 Å². The van der Waals surface area contributed by atoms with E-state index >= 15 is 0 Å². The number of aliphatic hydroxyl groups excluding tert-OH is 1. The summed E-state index contributed by atoms with van der Waals surface area (Å²) in [4.78, 5) is 14.7. The van der Waals surface area contributed by atoms with Gasteiger partial charge < -0.3 is 19.9 Å². The molecule has 2 heterocycles. The Hall–Kier alpha value is -1.63. The molecule has 6 nitrogen and oxygen atoms in total. The first-order valence-electron chi connectivity index (χ1n) is 8.56. The number of nitrogens with zero attached hydrogens (tertiary/aromatic N) is 1. The van der Waals surface area contributed by atoms with Crippen LogP contribution in [0.4, 0.5) is 0 Å². The molecule has 2 aliphatic heterocycles. The van der Waals surface area contributed by atoms with Gasteiger partial charge in [-0.25, -0.2) is 0 Å². The second-order valence-electron chi connectivity index (χ2n) is 6.60. The SMILES string of the molecule is COc1cccc(CC(=O)N[C@@H]2C[C@H]3CO[C@@H](CCO)CN3C2)c1. The van der Waals surface area contributed by atoms with E-state index in [4.69, 9.17) is 14.6 Å². The minimum atomic E-state index is 0.0425. The highest BCUT2D eigenvalue weighted by molar-refractivity contribution is 5.79. The van der Waals surface area contributed by atoms with Crippen LogP contribution in [0.1, 0.15) is 18.4 Å². The number of morpholine rings is 1. The first kappa shape index (κ1) is 17.2. The van der Waals surface area contributed by atoms with Crippen LogP contribution in [0.2, 0.25) is 0 Å². The average Bonchev–Trinajstić information content (AvgIpc) is 2.96.